The van der Waals surface area contributed by atoms with Gasteiger partial charge >= 0.3 is 0 Å². The van der Waals surface area contributed by atoms with Crippen LogP contribution < -0.4 is 10.1 Å². The Morgan fingerprint density at radius 2 is 1.90 bits per heavy atom. The highest BCUT2D eigenvalue weighted by atomic mass is 35.5. The summed E-state index contributed by atoms with van der Waals surface area (Å²) in [5.41, 5.74) is 1.96. The molecule has 1 aliphatic heterocycles. The Bertz CT molecular complexity index is 1190. The fraction of sp³-hybridized carbons (Fsp3) is 0.200. The Labute approximate surface area is 173 Å². The van der Waals surface area contributed by atoms with Crippen LogP contribution in [0, 0.1) is 0 Å². The number of aromatic nitrogens is 2. The number of hydrogen-bond acceptors (Lipinski definition) is 5. The van der Waals surface area contributed by atoms with E-state index in [9.17, 15) is 13.2 Å². The second-order valence-corrected chi connectivity index (χ2v) is 9.08. The number of nitrogens with zero attached hydrogens (tertiary/aromatic N) is 2. The molecule has 0 atom stereocenters. The summed E-state index contributed by atoms with van der Waals surface area (Å²) in [5.74, 6) is 0.0604. The van der Waals surface area contributed by atoms with Crippen LogP contribution in [0.5, 0.6) is 5.75 Å². The summed E-state index contributed by atoms with van der Waals surface area (Å²) in [5, 5.41) is 7.84. The molecule has 0 unspecified atom stereocenters. The molecule has 9 heteroatoms. The van der Waals surface area contributed by atoms with E-state index in [1.807, 2.05) is 6.92 Å². The van der Waals surface area contributed by atoms with E-state index in [0.29, 0.717) is 45.7 Å². The summed E-state index contributed by atoms with van der Waals surface area (Å²) in [4.78, 5) is 13.0. The van der Waals surface area contributed by atoms with Gasteiger partial charge in [0.2, 0.25) is 0 Å². The van der Waals surface area contributed by atoms with Crippen LogP contribution in [0.2, 0.25) is 5.02 Å². The number of ether oxygens (including phenoxy) is 1. The number of anilines is 1. The molecular formula is C20H18ClN3O4S. The van der Waals surface area contributed by atoms with Gasteiger partial charge in [0.05, 0.1) is 35.1 Å². The molecule has 0 spiro atoms. The number of para-hydroxylation sites is 1. The van der Waals surface area contributed by atoms with Crippen LogP contribution in [0.3, 0.4) is 0 Å². The Morgan fingerprint density at radius 1 is 1.17 bits per heavy atom. The van der Waals surface area contributed by atoms with Crippen molar-refractivity contribution < 1.29 is 17.9 Å². The van der Waals surface area contributed by atoms with Gasteiger partial charge < -0.3 is 10.1 Å². The number of carbonyl (C=O) groups excluding carboxylic acids is 1. The summed E-state index contributed by atoms with van der Waals surface area (Å²) >= 11 is 5.97. The Balaban J connectivity index is 1.77. The maximum atomic E-state index is 13.0. The van der Waals surface area contributed by atoms with E-state index in [-0.39, 0.29) is 11.5 Å². The number of hydrogen-bond donors (Lipinski definition) is 1. The first-order valence-electron chi connectivity index (χ1n) is 8.98. The quantitative estimate of drug-likeness (QED) is 0.666. The number of halogens is 1. The summed E-state index contributed by atoms with van der Waals surface area (Å²) < 4.78 is 31.3. The second kappa shape index (κ2) is 7.53. The van der Waals surface area contributed by atoms with Crippen molar-refractivity contribution in [3.63, 3.8) is 0 Å². The van der Waals surface area contributed by atoms with Gasteiger partial charge in [0.25, 0.3) is 5.91 Å². The van der Waals surface area contributed by atoms with Crippen molar-refractivity contribution in [2.24, 2.45) is 0 Å². The maximum Gasteiger partial charge on any atom is 0.260 e. The summed E-state index contributed by atoms with van der Waals surface area (Å²) in [6.07, 6.45) is 0. The molecule has 1 aliphatic rings. The normalized spacial score (nSPS) is 14.4. The van der Waals surface area contributed by atoms with Gasteiger partial charge in [-0.3, -0.25) is 4.79 Å². The molecule has 2 heterocycles. The van der Waals surface area contributed by atoms with Gasteiger partial charge in [0.15, 0.2) is 9.84 Å². The van der Waals surface area contributed by atoms with Crippen molar-refractivity contribution >= 4 is 33.2 Å². The van der Waals surface area contributed by atoms with Crippen molar-refractivity contribution in [2.75, 3.05) is 11.9 Å². The number of amides is 1. The Hall–Kier alpha value is -2.84. The lowest BCUT2D eigenvalue weighted by molar-refractivity contribution is 0.102. The number of carbonyl (C=O) groups is 1. The van der Waals surface area contributed by atoms with Gasteiger partial charge in [0, 0.05) is 10.6 Å². The summed E-state index contributed by atoms with van der Waals surface area (Å²) in [6.45, 7) is 2.25. The number of fused-ring (bicyclic) bond motifs is 1. The van der Waals surface area contributed by atoms with Crippen molar-refractivity contribution in [3.8, 4) is 11.4 Å². The van der Waals surface area contributed by atoms with Crippen LogP contribution in [0.25, 0.3) is 5.69 Å². The number of benzene rings is 2. The van der Waals surface area contributed by atoms with Crippen molar-refractivity contribution in [2.45, 2.75) is 18.4 Å². The molecule has 0 radical (unpaired) electrons. The fourth-order valence-corrected chi connectivity index (χ4v) is 4.87. The predicted molar refractivity (Wildman–Crippen MR) is 110 cm³/mol. The topological polar surface area (TPSA) is 90.3 Å². The molecule has 0 saturated carbocycles. The average Bonchev–Trinajstić information content (AvgIpc) is 3.15. The molecule has 150 valence electrons. The zero-order chi connectivity index (χ0) is 20.6. The minimum Gasteiger partial charge on any atom is -0.493 e. The maximum absolute atomic E-state index is 13.0. The largest absolute Gasteiger partial charge is 0.493 e. The highest BCUT2D eigenvalue weighted by Crippen LogP contribution is 2.34. The monoisotopic (exact) mass is 431 g/mol. The second-order valence-electron chi connectivity index (χ2n) is 6.58. The molecule has 7 nitrogen and oxygen atoms in total. The predicted octanol–water partition coefficient (Wildman–Crippen LogP) is 3.61. The van der Waals surface area contributed by atoms with Crippen LogP contribution in [0.15, 0.2) is 48.5 Å². The van der Waals surface area contributed by atoms with E-state index in [1.54, 1.807) is 48.5 Å². The molecule has 2 aromatic carbocycles. The van der Waals surface area contributed by atoms with Gasteiger partial charge in [-0.25, -0.2) is 13.1 Å². The van der Waals surface area contributed by atoms with Crippen LogP contribution in [-0.4, -0.2) is 30.7 Å². The van der Waals surface area contributed by atoms with E-state index >= 15 is 0 Å². The fourth-order valence-electron chi connectivity index (χ4n) is 3.25. The third-order valence-corrected chi connectivity index (χ3v) is 6.22. The SMILES string of the molecule is CCOc1ccccc1C(=O)Nc1c2c(nn1-c1ccc(Cl)cc1)CS(=O)(=O)C2. The van der Waals surface area contributed by atoms with E-state index in [2.05, 4.69) is 10.4 Å². The first-order valence-corrected chi connectivity index (χ1v) is 11.2. The van der Waals surface area contributed by atoms with Crippen molar-refractivity contribution in [1.82, 2.24) is 9.78 Å². The van der Waals surface area contributed by atoms with Crippen LogP contribution in [-0.2, 0) is 21.3 Å². The molecular weight excluding hydrogens is 414 g/mol. The average molecular weight is 432 g/mol. The molecule has 0 saturated heterocycles. The van der Waals surface area contributed by atoms with Crippen molar-refractivity contribution in [3.05, 3.63) is 70.4 Å². The zero-order valence-electron chi connectivity index (χ0n) is 15.6. The minimum absolute atomic E-state index is 0.151. The summed E-state index contributed by atoms with van der Waals surface area (Å²) in [6, 6.07) is 13.8. The van der Waals surface area contributed by atoms with Crippen molar-refractivity contribution in [1.29, 1.82) is 0 Å². The van der Waals surface area contributed by atoms with Gasteiger partial charge in [-0.2, -0.15) is 5.10 Å². The first kappa shape index (κ1) is 19.5. The first-order chi connectivity index (χ1) is 13.9. The van der Waals surface area contributed by atoms with Gasteiger partial charge in [-0.05, 0) is 43.3 Å². The van der Waals surface area contributed by atoms with Gasteiger partial charge in [0.1, 0.15) is 11.6 Å². The minimum atomic E-state index is -3.28. The molecule has 0 aliphatic carbocycles. The van der Waals surface area contributed by atoms with Crippen LogP contribution in [0.4, 0.5) is 5.82 Å². The van der Waals surface area contributed by atoms with E-state index in [4.69, 9.17) is 16.3 Å². The van der Waals surface area contributed by atoms with E-state index < -0.39 is 15.7 Å². The third-order valence-electron chi connectivity index (χ3n) is 4.52. The Kier molecular flexibility index (Phi) is 5.06. The molecule has 1 amide bonds. The van der Waals surface area contributed by atoms with Gasteiger partial charge in [-0.1, -0.05) is 23.7 Å². The lowest BCUT2D eigenvalue weighted by atomic mass is 10.2. The standard InChI is InChI=1S/C20H18ClN3O4S/c1-2-28-18-6-4-3-5-15(18)20(25)22-19-16-11-29(26,27)12-17(16)23-24(19)14-9-7-13(21)8-10-14/h3-10H,2,11-12H2,1H3,(H,22,25). The van der Waals surface area contributed by atoms with E-state index in [1.165, 1.54) is 4.68 Å². The molecule has 1 N–H and O–H groups in total. The highest BCUT2D eigenvalue weighted by molar-refractivity contribution is 7.90. The number of rotatable bonds is 5. The summed E-state index contributed by atoms with van der Waals surface area (Å²) in [7, 11) is -3.28. The number of sulfone groups is 1. The molecule has 1 aromatic heterocycles. The lowest BCUT2D eigenvalue weighted by Gasteiger charge is -2.13. The lowest BCUT2D eigenvalue weighted by Crippen LogP contribution is -2.18. The highest BCUT2D eigenvalue weighted by Gasteiger charge is 2.33. The number of nitrogens with one attached hydrogen (secondary N) is 1. The molecule has 29 heavy (non-hydrogen) atoms. The molecule has 0 fully saturated rings. The molecule has 0 bridgehead atoms. The Morgan fingerprint density at radius 3 is 2.62 bits per heavy atom. The molecule has 3 aromatic rings. The third kappa shape index (κ3) is 3.86. The van der Waals surface area contributed by atoms with Gasteiger partial charge in [-0.15, -0.1) is 0 Å². The van der Waals surface area contributed by atoms with Crippen LogP contribution in [0.1, 0.15) is 28.5 Å². The molecule has 4 rings (SSSR count). The smallest absolute Gasteiger partial charge is 0.260 e. The van der Waals surface area contributed by atoms with Crippen LogP contribution >= 0.6 is 11.6 Å². The zero-order valence-corrected chi connectivity index (χ0v) is 17.1. The van der Waals surface area contributed by atoms with E-state index in [0.717, 1.165) is 0 Å².